The molecule has 0 fully saturated rings. The van der Waals surface area contributed by atoms with E-state index in [4.69, 9.17) is 11.5 Å². The number of fused-ring (bicyclic) bond motifs is 2. The zero-order valence-corrected chi connectivity index (χ0v) is 27.3. The fourth-order valence-corrected chi connectivity index (χ4v) is 8.02. The summed E-state index contributed by atoms with van der Waals surface area (Å²) in [5.41, 5.74) is 16.0. The first kappa shape index (κ1) is 32.8. The van der Waals surface area contributed by atoms with Crippen molar-refractivity contribution in [2.75, 3.05) is 45.2 Å². The van der Waals surface area contributed by atoms with Crippen molar-refractivity contribution in [3.05, 3.63) is 83.6 Å². The molecule has 0 aromatic heterocycles. The SMILES string of the molecule is CN1\C(=C/C=C/C=C/C2=[N+](C)c3ccc(S(=O)(=O)NCCN)cc3C2(C)C)C(C)(C)c2cc(S(=O)(=O)NCCN)ccc21. The zero-order chi connectivity index (χ0) is 31.8. The lowest BCUT2D eigenvalue weighted by atomic mass is 9.81. The summed E-state index contributed by atoms with van der Waals surface area (Å²) in [6.45, 7) is 9.14. The molecule has 2 heterocycles. The van der Waals surface area contributed by atoms with Crippen LogP contribution in [0.25, 0.3) is 0 Å². The summed E-state index contributed by atoms with van der Waals surface area (Å²) in [6.07, 6.45) is 9.98. The Kier molecular flexibility index (Phi) is 9.22. The summed E-state index contributed by atoms with van der Waals surface area (Å²) in [6, 6.07) is 10.4. The third-order valence-electron chi connectivity index (χ3n) is 8.23. The average Bonchev–Trinajstić information content (AvgIpc) is 3.27. The number of nitrogens with zero attached hydrogens (tertiary/aromatic N) is 2. The first-order valence-corrected chi connectivity index (χ1v) is 17.1. The van der Waals surface area contributed by atoms with E-state index in [-0.39, 0.29) is 36.0 Å². The molecule has 232 valence electrons. The quantitative estimate of drug-likeness (QED) is 0.221. The van der Waals surface area contributed by atoms with Crippen LogP contribution in [0.3, 0.4) is 0 Å². The van der Waals surface area contributed by atoms with Crippen LogP contribution < -0.4 is 25.8 Å². The first-order chi connectivity index (χ1) is 20.1. The monoisotopic (exact) mass is 627 g/mol. The second kappa shape index (κ2) is 12.1. The third-order valence-corrected chi connectivity index (χ3v) is 11.2. The molecule has 0 unspecified atom stereocenters. The van der Waals surface area contributed by atoms with E-state index in [1.165, 1.54) is 0 Å². The summed E-state index contributed by atoms with van der Waals surface area (Å²) in [5.74, 6) is 0. The van der Waals surface area contributed by atoms with Gasteiger partial charge in [-0.2, -0.15) is 4.58 Å². The minimum atomic E-state index is -3.64. The predicted molar refractivity (Wildman–Crippen MR) is 173 cm³/mol. The molecule has 2 aromatic carbocycles. The number of hydrogen-bond acceptors (Lipinski definition) is 7. The van der Waals surface area contributed by atoms with Crippen LogP contribution in [-0.2, 0) is 30.9 Å². The number of anilines is 1. The van der Waals surface area contributed by atoms with Crippen molar-refractivity contribution >= 4 is 37.1 Å². The van der Waals surface area contributed by atoms with Gasteiger partial charge in [-0.25, -0.2) is 26.3 Å². The van der Waals surface area contributed by atoms with E-state index in [9.17, 15) is 16.8 Å². The van der Waals surface area contributed by atoms with Crippen LogP contribution in [0.15, 0.2) is 82.3 Å². The number of likely N-dealkylation sites (N-methyl/N-ethyl adjacent to an activating group) is 1. The molecule has 2 aliphatic heterocycles. The minimum Gasteiger partial charge on any atom is -0.347 e. The fourth-order valence-electron chi connectivity index (χ4n) is 5.88. The van der Waals surface area contributed by atoms with Gasteiger partial charge in [0.15, 0.2) is 5.71 Å². The van der Waals surface area contributed by atoms with Crippen molar-refractivity contribution in [2.45, 2.75) is 48.3 Å². The largest absolute Gasteiger partial charge is 0.347 e. The molecule has 43 heavy (non-hydrogen) atoms. The highest BCUT2D eigenvalue weighted by Gasteiger charge is 2.43. The van der Waals surface area contributed by atoms with Crippen LogP contribution >= 0.6 is 0 Å². The van der Waals surface area contributed by atoms with E-state index in [0.29, 0.717) is 0 Å². The maximum atomic E-state index is 12.7. The van der Waals surface area contributed by atoms with Gasteiger partial charge in [0.05, 0.1) is 15.2 Å². The van der Waals surface area contributed by atoms with Gasteiger partial charge in [-0.1, -0.05) is 32.1 Å². The highest BCUT2D eigenvalue weighted by Crippen LogP contribution is 2.47. The number of benzene rings is 2. The van der Waals surface area contributed by atoms with Gasteiger partial charge in [-0.15, -0.1) is 0 Å². The minimum absolute atomic E-state index is 0.181. The Morgan fingerprint density at radius 1 is 0.814 bits per heavy atom. The van der Waals surface area contributed by atoms with Gasteiger partial charge in [0.2, 0.25) is 25.7 Å². The van der Waals surface area contributed by atoms with Gasteiger partial charge in [0.1, 0.15) is 7.05 Å². The molecule has 0 amide bonds. The molecule has 2 aromatic rings. The van der Waals surface area contributed by atoms with E-state index in [1.807, 2.05) is 56.6 Å². The number of allylic oxidation sites excluding steroid dienone is 6. The molecule has 2 aliphatic rings. The number of hydrogen-bond donors (Lipinski definition) is 4. The van der Waals surface area contributed by atoms with Crippen molar-refractivity contribution in [3.63, 3.8) is 0 Å². The Balaban J connectivity index is 1.55. The summed E-state index contributed by atoms with van der Waals surface area (Å²) in [5, 5.41) is 0. The number of nitrogens with one attached hydrogen (secondary N) is 2. The normalized spacial score (nSPS) is 18.8. The fraction of sp³-hybridized carbons (Fsp3) is 0.387. The Hall–Kier alpha value is -3.13. The van der Waals surface area contributed by atoms with Crippen LogP contribution in [0.1, 0.15) is 38.8 Å². The van der Waals surface area contributed by atoms with Gasteiger partial charge in [0, 0.05) is 67.7 Å². The third kappa shape index (κ3) is 6.13. The maximum Gasteiger partial charge on any atom is 0.240 e. The van der Waals surface area contributed by atoms with Crippen LogP contribution in [0.4, 0.5) is 11.4 Å². The van der Waals surface area contributed by atoms with Crippen molar-refractivity contribution < 1.29 is 21.4 Å². The molecule has 4 rings (SSSR count). The van der Waals surface area contributed by atoms with Crippen LogP contribution in [-0.4, -0.2) is 67.4 Å². The van der Waals surface area contributed by atoms with E-state index < -0.39 is 30.9 Å². The van der Waals surface area contributed by atoms with E-state index in [1.54, 1.807) is 24.3 Å². The van der Waals surface area contributed by atoms with Crippen LogP contribution in [0.2, 0.25) is 0 Å². The Labute approximate surface area is 256 Å². The summed E-state index contributed by atoms with van der Waals surface area (Å²) in [7, 11) is -3.33. The number of nitrogens with two attached hydrogens (primary N) is 2. The molecule has 0 aliphatic carbocycles. The predicted octanol–water partition coefficient (Wildman–Crippen LogP) is 2.59. The molecule has 0 bridgehead atoms. The Bertz CT molecular complexity index is 1750. The van der Waals surface area contributed by atoms with Crippen molar-refractivity contribution in [3.8, 4) is 0 Å². The van der Waals surface area contributed by atoms with Gasteiger partial charge in [-0.3, -0.25) is 0 Å². The van der Waals surface area contributed by atoms with Gasteiger partial charge in [0.25, 0.3) is 0 Å². The van der Waals surface area contributed by atoms with Crippen molar-refractivity contribution in [1.29, 1.82) is 0 Å². The van der Waals surface area contributed by atoms with E-state index in [0.717, 1.165) is 33.9 Å². The van der Waals surface area contributed by atoms with Crippen molar-refractivity contribution in [2.24, 2.45) is 11.5 Å². The second-order valence-corrected chi connectivity index (χ2v) is 15.3. The lowest BCUT2D eigenvalue weighted by molar-refractivity contribution is -0.401. The molecular formula is C31H43N6O4S2+. The molecule has 0 radical (unpaired) electrons. The zero-order valence-electron chi connectivity index (χ0n) is 25.7. The standard InChI is InChI=1S/C31H43N6O4S2/c1-30(2)24-20-22(42(38,39)34-18-16-32)12-14-26(24)36(5)28(30)10-8-7-9-11-29-31(3,4)25-21-23(13-15-27(25)37(29)6)43(40,41)35-19-17-33/h7-15,20-21,34-35H,16-19,32-33H2,1-6H3/q+1. The van der Waals surface area contributed by atoms with Gasteiger partial charge < -0.3 is 16.4 Å². The van der Waals surface area contributed by atoms with Gasteiger partial charge in [-0.05, 0) is 55.8 Å². The summed E-state index contributed by atoms with van der Waals surface area (Å²) in [4.78, 5) is 2.53. The molecule has 0 saturated heterocycles. The van der Waals surface area contributed by atoms with E-state index >= 15 is 0 Å². The number of sulfonamides is 2. The van der Waals surface area contributed by atoms with Crippen molar-refractivity contribution in [1.82, 2.24) is 9.44 Å². The highest BCUT2D eigenvalue weighted by molar-refractivity contribution is 7.89. The average molecular weight is 628 g/mol. The smallest absolute Gasteiger partial charge is 0.240 e. The first-order valence-electron chi connectivity index (χ1n) is 14.2. The summed E-state index contributed by atoms with van der Waals surface area (Å²) >= 11 is 0. The summed E-state index contributed by atoms with van der Waals surface area (Å²) < 4.78 is 58.0. The second-order valence-electron chi connectivity index (χ2n) is 11.8. The van der Waals surface area contributed by atoms with Crippen LogP contribution in [0, 0.1) is 0 Å². The topological polar surface area (TPSA) is 151 Å². The maximum absolute atomic E-state index is 12.7. The molecule has 12 heteroatoms. The lowest BCUT2D eigenvalue weighted by Gasteiger charge is -2.23. The number of rotatable bonds is 11. The molecule has 0 saturated carbocycles. The molecule has 10 nitrogen and oxygen atoms in total. The van der Waals surface area contributed by atoms with Crippen LogP contribution in [0.5, 0.6) is 0 Å². The lowest BCUT2D eigenvalue weighted by Crippen LogP contribution is -2.30. The molecule has 0 spiro atoms. The molecular weight excluding hydrogens is 585 g/mol. The Morgan fingerprint density at radius 2 is 1.37 bits per heavy atom. The van der Waals surface area contributed by atoms with E-state index in [2.05, 4.69) is 46.6 Å². The Morgan fingerprint density at radius 3 is 1.95 bits per heavy atom. The van der Waals surface area contributed by atoms with Gasteiger partial charge >= 0.3 is 0 Å². The molecule has 6 N–H and O–H groups in total. The highest BCUT2D eigenvalue weighted by atomic mass is 32.2. The molecule has 0 atom stereocenters.